The van der Waals surface area contributed by atoms with Gasteiger partial charge in [-0.1, -0.05) is 12.1 Å². The molecule has 0 bridgehead atoms. The Kier molecular flexibility index (Phi) is 11.1. The smallest absolute Gasteiger partial charge is 0.191 e. The summed E-state index contributed by atoms with van der Waals surface area (Å²) >= 11 is 0. The van der Waals surface area contributed by atoms with Gasteiger partial charge in [0.15, 0.2) is 5.96 Å². The molecule has 1 fully saturated rings. The van der Waals surface area contributed by atoms with E-state index in [-0.39, 0.29) is 35.2 Å². The molecule has 1 aromatic rings. The van der Waals surface area contributed by atoms with Crippen LogP contribution in [0.25, 0.3) is 0 Å². The SMILES string of the molecule is CCOCCCNC(=NC)NCC1(c2ccc(F)cc2)CCOCC1.I. The highest BCUT2D eigenvalue weighted by molar-refractivity contribution is 14.0. The minimum absolute atomic E-state index is 0. The lowest BCUT2D eigenvalue weighted by atomic mass is 9.74. The summed E-state index contributed by atoms with van der Waals surface area (Å²) in [5, 5.41) is 6.75. The van der Waals surface area contributed by atoms with Gasteiger partial charge in [0.25, 0.3) is 0 Å². The van der Waals surface area contributed by atoms with Crippen LogP contribution in [0, 0.1) is 5.82 Å². The van der Waals surface area contributed by atoms with Crippen LogP contribution in [-0.4, -0.2) is 52.5 Å². The molecule has 0 atom stereocenters. The molecular formula is C19H31FIN3O2. The molecule has 1 heterocycles. The molecular weight excluding hydrogens is 448 g/mol. The van der Waals surface area contributed by atoms with Crippen molar-refractivity contribution in [2.75, 3.05) is 46.6 Å². The van der Waals surface area contributed by atoms with Crippen molar-refractivity contribution >= 4 is 29.9 Å². The quantitative estimate of drug-likeness (QED) is 0.261. The molecule has 1 saturated heterocycles. The fourth-order valence-corrected chi connectivity index (χ4v) is 3.13. The first-order chi connectivity index (χ1) is 12.2. The van der Waals surface area contributed by atoms with E-state index in [0.29, 0.717) is 0 Å². The third-order valence-corrected chi connectivity index (χ3v) is 4.69. The number of nitrogens with one attached hydrogen (secondary N) is 2. The molecule has 0 amide bonds. The van der Waals surface area contributed by atoms with E-state index in [9.17, 15) is 4.39 Å². The van der Waals surface area contributed by atoms with Gasteiger partial charge in [-0.3, -0.25) is 4.99 Å². The van der Waals surface area contributed by atoms with Crippen molar-refractivity contribution in [2.45, 2.75) is 31.6 Å². The van der Waals surface area contributed by atoms with Crippen molar-refractivity contribution in [3.8, 4) is 0 Å². The van der Waals surface area contributed by atoms with E-state index in [1.54, 1.807) is 7.05 Å². The summed E-state index contributed by atoms with van der Waals surface area (Å²) in [6.07, 6.45) is 2.76. The number of ether oxygens (including phenoxy) is 2. The maximum atomic E-state index is 13.3. The molecule has 2 rings (SSSR count). The summed E-state index contributed by atoms with van der Waals surface area (Å²) in [6, 6.07) is 6.85. The molecule has 0 aliphatic carbocycles. The van der Waals surface area contributed by atoms with Crippen molar-refractivity contribution in [3.63, 3.8) is 0 Å². The lowest BCUT2D eigenvalue weighted by Gasteiger charge is -2.38. The van der Waals surface area contributed by atoms with Crippen molar-refractivity contribution < 1.29 is 13.9 Å². The summed E-state index contributed by atoms with van der Waals surface area (Å²) in [7, 11) is 1.77. The number of nitrogens with zero attached hydrogens (tertiary/aromatic N) is 1. The number of rotatable bonds is 8. The lowest BCUT2D eigenvalue weighted by molar-refractivity contribution is 0.0513. The van der Waals surface area contributed by atoms with Crippen LogP contribution >= 0.6 is 24.0 Å². The van der Waals surface area contributed by atoms with E-state index in [2.05, 4.69) is 15.6 Å². The Bertz CT molecular complexity index is 534. The van der Waals surface area contributed by atoms with E-state index in [1.165, 1.54) is 12.1 Å². The average molecular weight is 479 g/mol. The summed E-state index contributed by atoms with van der Waals surface area (Å²) < 4.78 is 24.2. The highest BCUT2D eigenvalue weighted by Crippen LogP contribution is 2.34. The zero-order valence-corrected chi connectivity index (χ0v) is 18.1. The van der Waals surface area contributed by atoms with Crippen molar-refractivity contribution in [3.05, 3.63) is 35.6 Å². The molecule has 1 aromatic carbocycles. The fourth-order valence-electron chi connectivity index (χ4n) is 3.13. The van der Waals surface area contributed by atoms with Crippen molar-refractivity contribution in [1.82, 2.24) is 10.6 Å². The van der Waals surface area contributed by atoms with Gasteiger partial charge in [0.1, 0.15) is 5.82 Å². The average Bonchev–Trinajstić information content (AvgIpc) is 2.65. The highest BCUT2D eigenvalue weighted by Gasteiger charge is 2.34. The van der Waals surface area contributed by atoms with Crippen LogP contribution < -0.4 is 10.6 Å². The Morgan fingerprint density at radius 3 is 2.54 bits per heavy atom. The Morgan fingerprint density at radius 2 is 1.92 bits per heavy atom. The number of benzene rings is 1. The second kappa shape index (κ2) is 12.5. The Morgan fingerprint density at radius 1 is 1.23 bits per heavy atom. The molecule has 26 heavy (non-hydrogen) atoms. The van der Waals surface area contributed by atoms with Gasteiger partial charge in [0, 0.05) is 52.0 Å². The van der Waals surface area contributed by atoms with E-state index < -0.39 is 0 Å². The van der Waals surface area contributed by atoms with Gasteiger partial charge in [-0.25, -0.2) is 4.39 Å². The molecule has 2 N–H and O–H groups in total. The van der Waals surface area contributed by atoms with Gasteiger partial charge in [-0.15, -0.1) is 24.0 Å². The molecule has 148 valence electrons. The van der Waals surface area contributed by atoms with Crippen molar-refractivity contribution in [1.29, 1.82) is 0 Å². The van der Waals surface area contributed by atoms with Crippen LogP contribution in [-0.2, 0) is 14.9 Å². The standard InChI is InChI=1S/C19H30FN3O2.HI/c1-3-24-12-4-11-22-18(21-2)23-15-19(9-13-25-14-10-19)16-5-7-17(20)8-6-16;/h5-8H,3-4,9-15H2,1-2H3,(H2,21,22,23);1H. The third kappa shape index (κ3) is 7.00. The molecule has 0 saturated carbocycles. The predicted molar refractivity (Wildman–Crippen MR) is 114 cm³/mol. The number of hydrogen-bond donors (Lipinski definition) is 2. The van der Waals surface area contributed by atoms with E-state index in [0.717, 1.165) is 70.3 Å². The molecule has 1 aliphatic rings. The van der Waals surface area contributed by atoms with Gasteiger partial charge in [0.2, 0.25) is 0 Å². The van der Waals surface area contributed by atoms with Gasteiger partial charge in [0.05, 0.1) is 0 Å². The first kappa shape index (κ1) is 23.1. The number of halogens is 2. The minimum atomic E-state index is -0.203. The van der Waals surface area contributed by atoms with Crippen LogP contribution in [0.15, 0.2) is 29.3 Å². The Labute approximate surface area is 173 Å². The maximum Gasteiger partial charge on any atom is 0.191 e. The summed E-state index contributed by atoms with van der Waals surface area (Å²) in [5.41, 5.74) is 1.09. The van der Waals surface area contributed by atoms with Crippen LogP contribution in [0.3, 0.4) is 0 Å². The normalized spacial score (nSPS) is 16.7. The number of guanidine groups is 1. The van der Waals surface area contributed by atoms with E-state index in [4.69, 9.17) is 9.47 Å². The van der Waals surface area contributed by atoms with Gasteiger partial charge in [-0.05, 0) is 43.9 Å². The molecule has 0 aromatic heterocycles. The van der Waals surface area contributed by atoms with E-state index in [1.807, 2.05) is 19.1 Å². The number of hydrogen-bond acceptors (Lipinski definition) is 3. The molecule has 0 unspecified atom stereocenters. The maximum absolute atomic E-state index is 13.3. The predicted octanol–water partition coefficient (Wildman–Crippen LogP) is 3.08. The zero-order valence-electron chi connectivity index (χ0n) is 15.7. The molecule has 0 spiro atoms. The molecule has 7 heteroatoms. The lowest BCUT2D eigenvalue weighted by Crippen LogP contribution is -2.48. The van der Waals surface area contributed by atoms with Gasteiger partial charge in [-0.2, -0.15) is 0 Å². The van der Waals surface area contributed by atoms with Crippen LogP contribution in [0.1, 0.15) is 31.7 Å². The molecule has 0 radical (unpaired) electrons. The van der Waals surface area contributed by atoms with Gasteiger partial charge < -0.3 is 20.1 Å². The van der Waals surface area contributed by atoms with Crippen LogP contribution in [0.2, 0.25) is 0 Å². The first-order valence-electron chi connectivity index (χ1n) is 9.06. The summed E-state index contributed by atoms with van der Waals surface area (Å²) in [5.74, 6) is 0.579. The second-order valence-corrected chi connectivity index (χ2v) is 6.30. The topological polar surface area (TPSA) is 54.9 Å². The van der Waals surface area contributed by atoms with Crippen molar-refractivity contribution in [2.24, 2.45) is 4.99 Å². The number of aliphatic imine (C=N–C) groups is 1. The molecule has 5 nitrogen and oxygen atoms in total. The first-order valence-corrected chi connectivity index (χ1v) is 9.06. The molecule has 1 aliphatic heterocycles. The summed E-state index contributed by atoms with van der Waals surface area (Å²) in [6.45, 7) is 6.49. The van der Waals surface area contributed by atoms with Gasteiger partial charge >= 0.3 is 0 Å². The summed E-state index contributed by atoms with van der Waals surface area (Å²) in [4.78, 5) is 4.29. The third-order valence-electron chi connectivity index (χ3n) is 4.69. The second-order valence-electron chi connectivity index (χ2n) is 6.30. The largest absolute Gasteiger partial charge is 0.382 e. The van der Waals surface area contributed by atoms with E-state index >= 15 is 0 Å². The fraction of sp³-hybridized carbons (Fsp3) is 0.632. The van der Waals surface area contributed by atoms with Crippen LogP contribution in [0.4, 0.5) is 4.39 Å². The Hall–Kier alpha value is -0.930. The highest BCUT2D eigenvalue weighted by atomic mass is 127. The Balaban J connectivity index is 0.00000338. The monoisotopic (exact) mass is 479 g/mol. The minimum Gasteiger partial charge on any atom is -0.382 e. The van der Waals surface area contributed by atoms with Crippen LogP contribution in [0.5, 0.6) is 0 Å². The zero-order chi connectivity index (χ0) is 18.0.